The number of ketones is 1. The minimum atomic E-state index is -0.742. The van der Waals surface area contributed by atoms with Gasteiger partial charge in [-0.15, -0.1) is 0 Å². The summed E-state index contributed by atoms with van der Waals surface area (Å²) in [6.07, 6.45) is 2.64. The Kier molecular flexibility index (Phi) is 5.93. The van der Waals surface area contributed by atoms with Gasteiger partial charge in [0, 0.05) is 29.5 Å². The van der Waals surface area contributed by atoms with Crippen LogP contribution in [0.5, 0.6) is 0 Å². The molecule has 3 rings (SSSR count). The van der Waals surface area contributed by atoms with Crippen LogP contribution in [0.4, 0.5) is 5.69 Å². The molecule has 148 valence electrons. The number of nitrogens with one attached hydrogen (secondary N) is 1. The van der Waals surface area contributed by atoms with Crippen molar-refractivity contribution in [3.63, 3.8) is 0 Å². The predicted molar refractivity (Wildman–Crippen MR) is 116 cm³/mol. The number of hydrogen-bond acceptors (Lipinski definition) is 5. The summed E-state index contributed by atoms with van der Waals surface area (Å²) in [5, 5.41) is 7.01. The first-order valence-electron chi connectivity index (χ1n) is 8.78. The van der Waals surface area contributed by atoms with Crippen LogP contribution in [-0.4, -0.2) is 20.1 Å². The predicted octanol–water partition coefficient (Wildman–Crippen LogP) is 3.12. The molecule has 0 spiro atoms. The van der Waals surface area contributed by atoms with Crippen LogP contribution in [-0.2, 0) is 7.05 Å². The number of allylic oxidation sites excluding steroid dienone is 1. The van der Waals surface area contributed by atoms with Crippen molar-refractivity contribution in [1.82, 2.24) is 14.3 Å². The van der Waals surface area contributed by atoms with Gasteiger partial charge in [0.1, 0.15) is 0 Å². The molecule has 0 atom stereocenters. The van der Waals surface area contributed by atoms with Crippen LogP contribution in [0.3, 0.4) is 0 Å². The zero-order valence-corrected chi connectivity index (χ0v) is 17.7. The van der Waals surface area contributed by atoms with Crippen LogP contribution < -0.4 is 16.6 Å². The number of aryl methyl sites for hydroxylation is 2. The molecule has 3 aromatic rings. The average Bonchev–Trinajstić information content (AvgIpc) is 2.67. The van der Waals surface area contributed by atoms with Gasteiger partial charge in [-0.3, -0.25) is 14.2 Å². The molecule has 0 saturated heterocycles. The maximum absolute atomic E-state index is 12.6. The molecule has 0 bridgehead atoms. The number of hydrogen-bond donors (Lipinski definition) is 1. The lowest BCUT2D eigenvalue weighted by Crippen LogP contribution is -2.42. The Balaban J connectivity index is 1.96. The van der Waals surface area contributed by atoms with Gasteiger partial charge >= 0.3 is 5.69 Å². The third kappa shape index (κ3) is 4.60. The highest BCUT2D eigenvalue weighted by atomic mass is 79.9. The van der Waals surface area contributed by atoms with Crippen molar-refractivity contribution in [2.24, 2.45) is 7.05 Å². The van der Waals surface area contributed by atoms with Gasteiger partial charge in [-0.25, -0.2) is 4.79 Å². The summed E-state index contributed by atoms with van der Waals surface area (Å²) in [6.45, 7) is 3.79. The zero-order valence-electron chi connectivity index (χ0n) is 16.1. The lowest BCUT2D eigenvalue weighted by Gasteiger charge is -2.10. The molecule has 1 N–H and O–H groups in total. The molecule has 0 fully saturated rings. The molecular formula is C21H19BrN4O3. The van der Waals surface area contributed by atoms with E-state index in [2.05, 4.69) is 26.3 Å². The van der Waals surface area contributed by atoms with Crippen LogP contribution in [0.25, 0.3) is 5.69 Å². The Labute approximate surface area is 175 Å². The van der Waals surface area contributed by atoms with Gasteiger partial charge in [-0.1, -0.05) is 22.0 Å². The molecule has 0 radical (unpaired) electrons. The highest BCUT2D eigenvalue weighted by molar-refractivity contribution is 9.10. The monoisotopic (exact) mass is 454 g/mol. The second-order valence-corrected chi connectivity index (χ2v) is 7.52. The number of carbonyl (C=O) groups excluding carboxylic acids is 1. The van der Waals surface area contributed by atoms with Crippen molar-refractivity contribution in [1.29, 1.82) is 0 Å². The van der Waals surface area contributed by atoms with Crippen LogP contribution in [0.2, 0.25) is 0 Å². The highest BCUT2D eigenvalue weighted by Gasteiger charge is 2.17. The smallest absolute Gasteiger partial charge is 0.351 e. The fourth-order valence-corrected chi connectivity index (χ4v) is 3.07. The molecule has 0 aliphatic carbocycles. The van der Waals surface area contributed by atoms with E-state index in [9.17, 15) is 14.4 Å². The van der Waals surface area contributed by atoms with E-state index in [1.807, 2.05) is 44.2 Å². The zero-order chi connectivity index (χ0) is 21.1. The average molecular weight is 455 g/mol. The summed E-state index contributed by atoms with van der Waals surface area (Å²) >= 11 is 3.35. The van der Waals surface area contributed by atoms with E-state index >= 15 is 0 Å². The van der Waals surface area contributed by atoms with Gasteiger partial charge in [0.15, 0.2) is 5.69 Å². The van der Waals surface area contributed by atoms with E-state index in [1.165, 1.54) is 19.3 Å². The second kappa shape index (κ2) is 8.40. The van der Waals surface area contributed by atoms with Crippen LogP contribution in [0.1, 0.15) is 21.6 Å². The third-order valence-corrected chi connectivity index (χ3v) is 4.72. The maximum Gasteiger partial charge on any atom is 0.351 e. The Hall–Kier alpha value is -3.26. The van der Waals surface area contributed by atoms with Crippen molar-refractivity contribution in [3.8, 4) is 5.69 Å². The Bertz CT molecular complexity index is 1200. The van der Waals surface area contributed by atoms with E-state index in [0.717, 1.165) is 30.5 Å². The summed E-state index contributed by atoms with van der Waals surface area (Å²) < 4.78 is 2.89. The number of nitrogens with zero attached hydrogens (tertiary/aromatic N) is 3. The topological polar surface area (TPSA) is 86.0 Å². The molecule has 0 aliphatic rings. The fraction of sp³-hybridized carbons (Fsp3) is 0.143. The number of anilines is 1. The van der Waals surface area contributed by atoms with Crippen molar-refractivity contribution in [2.45, 2.75) is 13.8 Å². The molecule has 0 unspecified atom stereocenters. The molecule has 0 amide bonds. The van der Waals surface area contributed by atoms with Gasteiger partial charge in [0.05, 0.1) is 5.69 Å². The molecule has 0 aliphatic heterocycles. The number of carbonyl (C=O) groups is 1. The normalized spacial score (nSPS) is 11.0. The molecule has 29 heavy (non-hydrogen) atoms. The van der Waals surface area contributed by atoms with Gasteiger partial charge in [-0.2, -0.15) is 9.78 Å². The van der Waals surface area contributed by atoms with E-state index < -0.39 is 17.0 Å². The summed E-state index contributed by atoms with van der Waals surface area (Å²) in [4.78, 5) is 37.5. The maximum atomic E-state index is 12.6. The van der Waals surface area contributed by atoms with Crippen molar-refractivity contribution in [3.05, 3.63) is 96.9 Å². The van der Waals surface area contributed by atoms with Crippen LogP contribution >= 0.6 is 15.9 Å². The molecule has 1 heterocycles. The third-order valence-electron chi connectivity index (χ3n) is 4.19. The quantitative estimate of drug-likeness (QED) is 0.472. The minimum absolute atomic E-state index is 0.333. The number of rotatable bonds is 5. The molecular weight excluding hydrogens is 436 g/mol. The molecule has 8 heteroatoms. The fourth-order valence-electron chi connectivity index (χ4n) is 2.81. The van der Waals surface area contributed by atoms with Gasteiger partial charge in [0.2, 0.25) is 5.78 Å². The van der Waals surface area contributed by atoms with E-state index in [1.54, 1.807) is 12.1 Å². The molecule has 7 nitrogen and oxygen atoms in total. The van der Waals surface area contributed by atoms with Crippen LogP contribution in [0, 0.1) is 13.8 Å². The summed E-state index contributed by atoms with van der Waals surface area (Å²) in [5.74, 6) is -0.603. The summed E-state index contributed by atoms with van der Waals surface area (Å²) in [5.41, 5.74) is 1.46. The van der Waals surface area contributed by atoms with E-state index in [4.69, 9.17) is 0 Å². The SMILES string of the molecule is Cc1cc(C)cc(-n2nc(C(=O)C=CNc3ccc(Br)cc3)c(=O)n(C)c2=O)c1. The number of aromatic nitrogens is 3. The molecule has 1 aromatic heterocycles. The first-order valence-corrected chi connectivity index (χ1v) is 9.57. The lowest BCUT2D eigenvalue weighted by atomic mass is 10.1. The Morgan fingerprint density at radius 2 is 1.69 bits per heavy atom. The number of benzene rings is 2. The van der Waals surface area contributed by atoms with Crippen LogP contribution in [0.15, 0.2) is 68.8 Å². The second-order valence-electron chi connectivity index (χ2n) is 6.60. The standard InChI is InChI=1S/C21H19BrN4O3/c1-13-10-14(2)12-17(11-13)26-21(29)25(3)20(28)19(24-26)18(27)8-9-23-16-6-4-15(22)5-7-16/h4-12,23H,1-3H3. The first-order chi connectivity index (χ1) is 13.8. The molecule has 0 saturated carbocycles. The summed E-state index contributed by atoms with van der Waals surface area (Å²) in [6, 6.07) is 12.9. The van der Waals surface area contributed by atoms with Crippen molar-refractivity contribution < 1.29 is 4.79 Å². The Morgan fingerprint density at radius 1 is 1.07 bits per heavy atom. The first kappa shape index (κ1) is 20.5. The van der Waals surface area contributed by atoms with Gasteiger partial charge in [0.25, 0.3) is 5.56 Å². The largest absolute Gasteiger partial charge is 0.362 e. The van der Waals surface area contributed by atoms with Gasteiger partial charge < -0.3 is 5.32 Å². The van der Waals surface area contributed by atoms with Gasteiger partial charge in [-0.05, 0) is 61.4 Å². The highest BCUT2D eigenvalue weighted by Crippen LogP contribution is 2.14. The van der Waals surface area contributed by atoms with Crippen molar-refractivity contribution >= 4 is 27.4 Å². The Morgan fingerprint density at radius 3 is 2.31 bits per heavy atom. The van der Waals surface area contributed by atoms with E-state index in [-0.39, 0.29) is 5.69 Å². The van der Waals surface area contributed by atoms with Crippen molar-refractivity contribution in [2.75, 3.05) is 5.32 Å². The number of halogens is 1. The lowest BCUT2D eigenvalue weighted by molar-refractivity contribution is 0.103. The minimum Gasteiger partial charge on any atom is -0.362 e. The summed E-state index contributed by atoms with van der Waals surface area (Å²) in [7, 11) is 1.33. The molecule has 2 aromatic carbocycles. The van der Waals surface area contributed by atoms with E-state index in [0.29, 0.717) is 5.69 Å².